The molecular weight excluding hydrogens is 458 g/mol. The van der Waals surface area contributed by atoms with E-state index < -0.39 is 0 Å². The Hall–Kier alpha value is -3.86. The van der Waals surface area contributed by atoms with E-state index in [4.69, 9.17) is 19.6 Å². The van der Waals surface area contributed by atoms with Crippen molar-refractivity contribution in [3.05, 3.63) is 66.5 Å². The predicted molar refractivity (Wildman–Crippen MR) is 141 cm³/mol. The summed E-state index contributed by atoms with van der Waals surface area (Å²) in [6, 6.07) is 15.8. The highest BCUT2D eigenvalue weighted by Crippen LogP contribution is 2.31. The molecule has 184 valence electrons. The number of carbonyl (C=O) groups is 1. The van der Waals surface area contributed by atoms with Gasteiger partial charge in [-0.25, -0.2) is 0 Å². The molecule has 1 unspecified atom stereocenters. The topological polar surface area (TPSA) is 91.1 Å². The van der Waals surface area contributed by atoms with Gasteiger partial charge in [-0.05, 0) is 41.5 Å². The molecule has 0 radical (unpaired) electrons. The van der Waals surface area contributed by atoms with Gasteiger partial charge >= 0.3 is 0 Å². The number of amides is 1. The van der Waals surface area contributed by atoms with Gasteiger partial charge in [0.1, 0.15) is 6.21 Å². The van der Waals surface area contributed by atoms with E-state index in [0.717, 1.165) is 37.7 Å². The molecule has 2 aromatic rings. The Morgan fingerprint density at radius 1 is 0.889 bits per heavy atom. The standard InChI is InChI=1S/C26H28N7O3/c34-25(32-12-17-36-18-13-32)20-1-7-23(8-2-20)33-14-9-27-19-24(33)29-26(30-33)28-21-3-5-22(6-4-21)31-10-15-35-16-11-31/h1-9,14,19H,10-13,15-18H2,(H,28,30)/q+1. The van der Waals surface area contributed by atoms with Crippen LogP contribution in [0.2, 0.25) is 0 Å². The molecule has 4 heterocycles. The Labute approximate surface area is 209 Å². The molecule has 6 rings (SSSR count). The monoisotopic (exact) mass is 486 g/mol. The molecule has 10 nitrogen and oxygen atoms in total. The third-order valence-corrected chi connectivity index (χ3v) is 6.69. The third kappa shape index (κ3) is 4.30. The maximum absolute atomic E-state index is 12.9. The summed E-state index contributed by atoms with van der Waals surface area (Å²) >= 11 is 0. The van der Waals surface area contributed by atoms with E-state index in [1.54, 1.807) is 12.4 Å². The number of guanidine groups is 1. The molecule has 2 fully saturated rings. The second kappa shape index (κ2) is 9.65. The van der Waals surface area contributed by atoms with Gasteiger partial charge in [0.25, 0.3) is 17.7 Å². The van der Waals surface area contributed by atoms with E-state index >= 15 is 0 Å². The highest BCUT2D eigenvalue weighted by Gasteiger charge is 2.42. The van der Waals surface area contributed by atoms with Crippen LogP contribution >= 0.6 is 0 Å². The van der Waals surface area contributed by atoms with E-state index in [1.165, 1.54) is 5.69 Å². The van der Waals surface area contributed by atoms with Crippen LogP contribution in [0.5, 0.6) is 0 Å². The summed E-state index contributed by atoms with van der Waals surface area (Å²) in [7, 11) is 0. The number of nitrogens with zero attached hydrogens (tertiary/aromatic N) is 6. The number of carbonyl (C=O) groups excluding carboxylic acids is 1. The molecule has 0 spiro atoms. The first kappa shape index (κ1) is 22.6. The highest BCUT2D eigenvalue weighted by atomic mass is 16.5. The summed E-state index contributed by atoms with van der Waals surface area (Å²) in [5, 5.41) is 8.24. The molecule has 0 aromatic heterocycles. The van der Waals surface area contributed by atoms with E-state index in [0.29, 0.717) is 43.7 Å². The Kier molecular flexibility index (Phi) is 6.06. The number of ether oxygens (including phenoxy) is 2. The fourth-order valence-corrected chi connectivity index (χ4v) is 4.69. The molecule has 0 bridgehead atoms. The number of benzene rings is 2. The Morgan fingerprint density at radius 3 is 2.31 bits per heavy atom. The van der Waals surface area contributed by atoms with Gasteiger partial charge in [-0.1, -0.05) is 4.59 Å². The zero-order valence-electron chi connectivity index (χ0n) is 19.9. The van der Waals surface area contributed by atoms with Gasteiger partial charge < -0.3 is 24.6 Å². The normalized spacial score (nSPS) is 23.2. The van der Waals surface area contributed by atoms with Crippen molar-refractivity contribution >= 4 is 41.0 Å². The number of hydrogen-bond acceptors (Lipinski definition) is 8. The molecule has 1 atom stereocenters. The number of nitrogens with one attached hydrogen (secondary N) is 1. The number of fused-ring (bicyclic) bond motifs is 1. The Morgan fingerprint density at radius 2 is 1.58 bits per heavy atom. The van der Waals surface area contributed by atoms with Crippen molar-refractivity contribution in [2.24, 2.45) is 15.1 Å². The van der Waals surface area contributed by atoms with Crippen molar-refractivity contribution in [2.75, 3.05) is 62.8 Å². The van der Waals surface area contributed by atoms with Crippen LogP contribution in [0, 0.1) is 0 Å². The number of aliphatic imine (C=N–C) groups is 2. The maximum atomic E-state index is 12.9. The Balaban J connectivity index is 1.21. The molecule has 2 saturated heterocycles. The molecule has 1 amide bonds. The molecule has 0 aliphatic carbocycles. The summed E-state index contributed by atoms with van der Waals surface area (Å²) in [6.45, 7) is 5.69. The molecule has 2 aromatic carbocycles. The fourth-order valence-electron chi connectivity index (χ4n) is 4.69. The number of anilines is 2. The summed E-state index contributed by atoms with van der Waals surface area (Å²) < 4.78 is 10.9. The lowest BCUT2D eigenvalue weighted by Gasteiger charge is -2.28. The SMILES string of the molecule is O=C(c1ccc([N+]23C=CN=CC2=NC(Nc2ccc(N4CCOCC4)cc2)=N3)cc1)N1CCOCC1. The lowest BCUT2D eigenvalue weighted by atomic mass is 10.1. The average Bonchev–Trinajstić information content (AvgIpc) is 3.33. The second-order valence-electron chi connectivity index (χ2n) is 8.88. The lowest BCUT2D eigenvalue weighted by Crippen LogP contribution is -2.44. The van der Waals surface area contributed by atoms with Crippen LogP contribution in [0.4, 0.5) is 17.1 Å². The number of quaternary nitrogens is 1. The Bertz CT molecular complexity index is 1240. The fraction of sp³-hybridized carbons (Fsp3) is 0.308. The van der Waals surface area contributed by atoms with Crippen LogP contribution in [-0.2, 0) is 9.47 Å². The largest absolute Gasteiger partial charge is 0.378 e. The molecule has 36 heavy (non-hydrogen) atoms. The maximum Gasteiger partial charge on any atom is 0.287 e. The zero-order chi connectivity index (χ0) is 24.4. The minimum absolute atomic E-state index is 0.0160. The lowest BCUT2D eigenvalue weighted by molar-refractivity contribution is 0.0303. The van der Waals surface area contributed by atoms with Crippen molar-refractivity contribution in [2.45, 2.75) is 0 Å². The first-order valence-electron chi connectivity index (χ1n) is 12.2. The van der Waals surface area contributed by atoms with Crippen molar-refractivity contribution < 1.29 is 14.3 Å². The molecular formula is C26H28N7O3+. The zero-order valence-corrected chi connectivity index (χ0v) is 19.9. The number of hydrogen-bond donors (Lipinski definition) is 1. The molecule has 1 N–H and O–H groups in total. The van der Waals surface area contributed by atoms with Crippen LogP contribution in [0.25, 0.3) is 0 Å². The van der Waals surface area contributed by atoms with Gasteiger partial charge in [-0.15, -0.1) is 0 Å². The van der Waals surface area contributed by atoms with Gasteiger partial charge in [0.15, 0.2) is 11.9 Å². The minimum atomic E-state index is 0.0160. The minimum Gasteiger partial charge on any atom is -0.378 e. The quantitative estimate of drug-likeness (QED) is 0.671. The second-order valence-corrected chi connectivity index (χ2v) is 8.88. The van der Waals surface area contributed by atoms with Crippen LogP contribution in [0.1, 0.15) is 10.4 Å². The van der Waals surface area contributed by atoms with Gasteiger partial charge in [0.2, 0.25) is 0 Å². The van der Waals surface area contributed by atoms with Gasteiger partial charge in [0, 0.05) is 55.2 Å². The van der Waals surface area contributed by atoms with E-state index in [2.05, 4.69) is 27.3 Å². The van der Waals surface area contributed by atoms with Crippen LogP contribution in [0.15, 0.2) is 76.0 Å². The van der Waals surface area contributed by atoms with E-state index in [1.807, 2.05) is 47.5 Å². The smallest absolute Gasteiger partial charge is 0.287 e. The number of rotatable bonds is 4. The van der Waals surface area contributed by atoms with E-state index in [9.17, 15) is 4.79 Å². The van der Waals surface area contributed by atoms with Crippen LogP contribution in [-0.4, -0.2) is 81.4 Å². The summed E-state index contributed by atoms with van der Waals surface area (Å²) in [6.07, 6.45) is 5.32. The number of morpholine rings is 2. The van der Waals surface area contributed by atoms with Crippen molar-refractivity contribution in [3.8, 4) is 0 Å². The predicted octanol–water partition coefficient (Wildman–Crippen LogP) is 2.65. The van der Waals surface area contributed by atoms with Crippen LogP contribution in [0.3, 0.4) is 0 Å². The molecule has 0 saturated carbocycles. The first-order valence-corrected chi connectivity index (χ1v) is 12.2. The number of amidine groups is 1. The summed E-state index contributed by atoms with van der Waals surface area (Å²) in [5.41, 5.74) is 3.59. The molecule has 4 aliphatic heterocycles. The summed E-state index contributed by atoms with van der Waals surface area (Å²) in [4.78, 5) is 26.0. The van der Waals surface area contributed by atoms with E-state index in [-0.39, 0.29) is 10.5 Å². The average molecular weight is 487 g/mol. The third-order valence-electron chi connectivity index (χ3n) is 6.69. The van der Waals surface area contributed by atoms with Gasteiger partial charge in [-0.3, -0.25) is 9.79 Å². The van der Waals surface area contributed by atoms with Crippen molar-refractivity contribution in [1.82, 2.24) is 9.49 Å². The van der Waals surface area contributed by atoms with Crippen molar-refractivity contribution in [1.29, 1.82) is 0 Å². The molecule has 10 heteroatoms. The molecule has 4 aliphatic rings. The van der Waals surface area contributed by atoms with Gasteiger partial charge in [-0.2, -0.15) is 4.99 Å². The van der Waals surface area contributed by atoms with Crippen molar-refractivity contribution in [3.63, 3.8) is 0 Å². The first-order chi connectivity index (χ1) is 17.7. The highest BCUT2D eigenvalue weighted by molar-refractivity contribution is 6.38. The summed E-state index contributed by atoms with van der Waals surface area (Å²) in [5.74, 6) is 1.19. The van der Waals surface area contributed by atoms with Crippen LogP contribution < -0.4 is 14.8 Å². The van der Waals surface area contributed by atoms with Gasteiger partial charge in [0.05, 0.1) is 32.6 Å².